The molecule has 0 aromatic heterocycles. The first-order valence-corrected chi connectivity index (χ1v) is 7.35. The molecule has 0 saturated carbocycles. The van der Waals surface area contributed by atoms with Gasteiger partial charge in [-0.2, -0.15) is 0 Å². The van der Waals surface area contributed by atoms with Crippen molar-refractivity contribution in [2.24, 2.45) is 5.73 Å². The van der Waals surface area contributed by atoms with Gasteiger partial charge in [-0.15, -0.1) is 0 Å². The fraction of sp³-hybridized carbons (Fsp3) is 0.222. The molecule has 0 fully saturated rings. The molecule has 0 saturated heterocycles. The molecule has 1 atom stereocenters. The highest BCUT2D eigenvalue weighted by atomic mass is 16.5. The Morgan fingerprint density at radius 2 is 1.70 bits per heavy atom. The molecule has 2 rings (SSSR count). The summed E-state index contributed by atoms with van der Waals surface area (Å²) >= 11 is 0. The third kappa shape index (κ3) is 4.85. The Bertz CT molecular complexity index is 678. The summed E-state index contributed by atoms with van der Waals surface area (Å²) in [5, 5.41) is 2.80. The van der Waals surface area contributed by atoms with Gasteiger partial charge in [0, 0.05) is 12.1 Å². The third-order valence-electron chi connectivity index (χ3n) is 3.41. The van der Waals surface area contributed by atoms with Crippen molar-refractivity contribution in [1.82, 2.24) is 5.32 Å². The lowest BCUT2D eigenvalue weighted by atomic mass is 10.1. The summed E-state index contributed by atoms with van der Waals surface area (Å²) in [4.78, 5) is 23.1. The van der Waals surface area contributed by atoms with E-state index in [2.05, 4.69) is 5.32 Å². The van der Waals surface area contributed by atoms with Gasteiger partial charge < -0.3 is 15.8 Å². The van der Waals surface area contributed by atoms with Crippen LogP contribution >= 0.6 is 0 Å². The van der Waals surface area contributed by atoms with Crippen molar-refractivity contribution in [3.63, 3.8) is 0 Å². The second kappa shape index (κ2) is 7.45. The molecule has 0 bridgehead atoms. The van der Waals surface area contributed by atoms with Crippen LogP contribution in [0, 0.1) is 6.92 Å². The van der Waals surface area contributed by atoms with E-state index in [4.69, 9.17) is 10.5 Å². The number of primary amides is 1. The van der Waals surface area contributed by atoms with Gasteiger partial charge in [-0.25, -0.2) is 0 Å². The molecule has 5 nitrogen and oxygen atoms in total. The number of aryl methyl sites for hydroxylation is 1. The summed E-state index contributed by atoms with van der Waals surface area (Å²) < 4.78 is 5.60. The molecule has 2 amide bonds. The summed E-state index contributed by atoms with van der Waals surface area (Å²) in [6, 6.07) is 14.3. The van der Waals surface area contributed by atoms with E-state index in [9.17, 15) is 9.59 Å². The predicted molar refractivity (Wildman–Crippen MR) is 88.1 cm³/mol. The van der Waals surface area contributed by atoms with Crippen LogP contribution in [0.4, 0.5) is 0 Å². The predicted octanol–water partition coefficient (Wildman–Crippen LogP) is 2.18. The first-order valence-electron chi connectivity index (χ1n) is 7.35. The van der Waals surface area contributed by atoms with Gasteiger partial charge in [-0.1, -0.05) is 29.8 Å². The van der Waals surface area contributed by atoms with Crippen molar-refractivity contribution in [3.05, 3.63) is 65.2 Å². The number of hydrogen-bond donors (Lipinski definition) is 2. The molecule has 0 aliphatic rings. The maximum atomic E-state index is 12.1. The lowest BCUT2D eigenvalue weighted by Crippen LogP contribution is -2.35. The van der Waals surface area contributed by atoms with Gasteiger partial charge in [-0.05, 0) is 43.7 Å². The van der Waals surface area contributed by atoms with Crippen molar-refractivity contribution in [3.8, 4) is 5.75 Å². The van der Waals surface area contributed by atoms with Crippen LogP contribution in [0.2, 0.25) is 0 Å². The number of ether oxygens (including phenoxy) is 1. The van der Waals surface area contributed by atoms with E-state index in [0.29, 0.717) is 17.9 Å². The Morgan fingerprint density at radius 3 is 2.26 bits per heavy atom. The third-order valence-corrected chi connectivity index (χ3v) is 3.41. The van der Waals surface area contributed by atoms with E-state index >= 15 is 0 Å². The molecule has 2 aromatic carbocycles. The van der Waals surface area contributed by atoms with Crippen molar-refractivity contribution < 1.29 is 14.3 Å². The van der Waals surface area contributed by atoms with Gasteiger partial charge in [0.25, 0.3) is 5.91 Å². The maximum absolute atomic E-state index is 12.1. The molecule has 5 heteroatoms. The van der Waals surface area contributed by atoms with Crippen LogP contribution in [0.5, 0.6) is 5.75 Å². The van der Waals surface area contributed by atoms with Crippen LogP contribution in [-0.4, -0.2) is 17.9 Å². The highest BCUT2D eigenvalue weighted by molar-refractivity contribution is 5.92. The second-order valence-electron chi connectivity index (χ2n) is 5.35. The van der Waals surface area contributed by atoms with E-state index in [1.165, 1.54) is 0 Å². The lowest BCUT2D eigenvalue weighted by Gasteiger charge is -2.15. The molecular weight excluding hydrogens is 292 g/mol. The Hall–Kier alpha value is -2.82. The fourth-order valence-electron chi connectivity index (χ4n) is 1.99. The van der Waals surface area contributed by atoms with Gasteiger partial charge in [-0.3, -0.25) is 9.59 Å². The SMILES string of the molecule is Cc1ccc(O[C@@H](C)C(=O)NCc2ccc(C(N)=O)cc2)cc1. The molecule has 0 heterocycles. The zero-order valence-electron chi connectivity index (χ0n) is 13.2. The summed E-state index contributed by atoms with van der Waals surface area (Å²) in [5.41, 5.74) is 7.64. The van der Waals surface area contributed by atoms with Gasteiger partial charge in [0.15, 0.2) is 6.10 Å². The van der Waals surface area contributed by atoms with Gasteiger partial charge in [0.2, 0.25) is 5.91 Å². The molecule has 3 N–H and O–H groups in total. The number of carbonyl (C=O) groups is 2. The second-order valence-corrected chi connectivity index (χ2v) is 5.35. The molecule has 23 heavy (non-hydrogen) atoms. The van der Waals surface area contributed by atoms with E-state index in [0.717, 1.165) is 11.1 Å². The lowest BCUT2D eigenvalue weighted by molar-refractivity contribution is -0.127. The Labute approximate surface area is 135 Å². The minimum atomic E-state index is -0.595. The molecule has 0 aliphatic carbocycles. The van der Waals surface area contributed by atoms with Gasteiger partial charge in [0.05, 0.1) is 0 Å². The van der Waals surface area contributed by atoms with Crippen molar-refractivity contribution in [2.45, 2.75) is 26.5 Å². The number of hydrogen-bond acceptors (Lipinski definition) is 3. The van der Waals surface area contributed by atoms with Crippen LogP contribution in [0.1, 0.15) is 28.4 Å². The highest BCUT2D eigenvalue weighted by Gasteiger charge is 2.14. The summed E-state index contributed by atoms with van der Waals surface area (Å²) in [6.07, 6.45) is -0.595. The smallest absolute Gasteiger partial charge is 0.261 e. The summed E-state index contributed by atoms with van der Waals surface area (Å²) in [7, 11) is 0. The Balaban J connectivity index is 1.86. The van der Waals surface area contributed by atoms with E-state index in [-0.39, 0.29) is 5.91 Å². The highest BCUT2D eigenvalue weighted by Crippen LogP contribution is 2.13. The number of carbonyl (C=O) groups excluding carboxylic acids is 2. The average Bonchev–Trinajstić information content (AvgIpc) is 2.55. The van der Waals surface area contributed by atoms with Crippen LogP contribution in [-0.2, 0) is 11.3 Å². The number of nitrogens with one attached hydrogen (secondary N) is 1. The fourth-order valence-corrected chi connectivity index (χ4v) is 1.99. The molecule has 0 unspecified atom stereocenters. The zero-order chi connectivity index (χ0) is 16.8. The van der Waals surface area contributed by atoms with Crippen molar-refractivity contribution in [2.75, 3.05) is 0 Å². The molecule has 0 aliphatic heterocycles. The maximum Gasteiger partial charge on any atom is 0.261 e. The first-order chi connectivity index (χ1) is 11.0. The number of benzene rings is 2. The zero-order valence-corrected chi connectivity index (χ0v) is 13.2. The average molecular weight is 312 g/mol. The van der Waals surface area contributed by atoms with Gasteiger partial charge in [0.1, 0.15) is 5.75 Å². The molecule has 0 spiro atoms. The molecule has 2 aromatic rings. The van der Waals surface area contributed by atoms with Crippen molar-refractivity contribution >= 4 is 11.8 Å². The number of amides is 2. The van der Waals surface area contributed by atoms with Crippen LogP contribution in [0.25, 0.3) is 0 Å². The summed E-state index contributed by atoms with van der Waals surface area (Å²) in [5.74, 6) is -0.0191. The van der Waals surface area contributed by atoms with Crippen LogP contribution < -0.4 is 15.8 Å². The number of rotatable bonds is 6. The normalized spacial score (nSPS) is 11.6. The van der Waals surface area contributed by atoms with E-state index in [1.807, 2.05) is 31.2 Å². The largest absolute Gasteiger partial charge is 0.481 e. The van der Waals surface area contributed by atoms with E-state index < -0.39 is 12.0 Å². The standard InChI is InChI=1S/C18H20N2O3/c1-12-3-9-16(10-4-12)23-13(2)18(22)20-11-14-5-7-15(8-6-14)17(19)21/h3-10,13H,11H2,1-2H3,(H2,19,21)(H,20,22)/t13-/m0/s1. The quantitative estimate of drug-likeness (QED) is 0.857. The Kier molecular flexibility index (Phi) is 5.36. The minimum absolute atomic E-state index is 0.204. The number of nitrogens with two attached hydrogens (primary N) is 1. The first kappa shape index (κ1) is 16.5. The summed E-state index contributed by atoms with van der Waals surface area (Å²) in [6.45, 7) is 4.05. The molecular formula is C18H20N2O3. The van der Waals surface area contributed by atoms with Crippen molar-refractivity contribution in [1.29, 1.82) is 0 Å². The minimum Gasteiger partial charge on any atom is -0.481 e. The van der Waals surface area contributed by atoms with Crippen LogP contribution in [0.3, 0.4) is 0 Å². The van der Waals surface area contributed by atoms with Gasteiger partial charge >= 0.3 is 0 Å². The van der Waals surface area contributed by atoms with Crippen LogP contribution in [0.15, 0.2) is 48.5 Å². The molecule has 0 radical (unpaired) electrons. The van der Waals surface area contributed by atoms with E-state index in [1.54, 1.807) is 31.2 Å². The Morgan fingerprint density at radius 1 is 1.09 bits per heavy atom. The molecule has 120 valence electrons. The monoisotopic (exact) mass is 312 g/mol. The topological polar surface area (TPSA) is 81.4 Å².